The summed E-state index contributed by atoms with van der Waals surface area (Å²) in [7, 11) is 0. The molecule has 0 amide bonds. The molecule has 0 atom stereocenters. The van der Waals surface area contributed by atoms with Crippen LogP contribution in [0.2, 0.25) is 0 Å². The van der Waals surface area contributed by atoms with Gasteiger partial charge >= 0.3 is 6.18 Å². The van der Waals surface area contributed by atoms with Crippen LogP contribution in [0.25, 0.3) is 0 Å². The molecule has 8 nitrogen and oxygen atoms in total. The van der Waals surface area contributed by atoms with E-state index in [1.165, 1.54) is 0 Å². The Bertz CT molecular complexity index is 975. The van der Waals surface area contributed by atoms with E-state index < -0.39 is 23.4 Å². The molecule has 0 bridgehead atoms. The summed E-state index contributed by atoms with van der Waals surface area (Å²) in [6, 6.07) is 5.95. The second-order valence-electron chi connectivity index (χ2n) is 5.48. The molecule has 0 saturated heterocycles. The SMILES string of the molecule is ONC(=Nc1ccc(F)c(C(F)(F)F)c1)c1nonc1NOCCc1cccs1. The normalized spacial score (nSPS) is 12.2. The lowest BCUT2D eigenvalue weighted by Crippen LogP contribution is -2.22. The lowest BCUT2D eigenvalue weighted by molar-refractivity contribution is -0.139. The number of aliphatic imine (C=N–C) groups is 1. The van der Waals surface area contributed by atoms with Gasteiger partial charge in [0, 0.05) is 11.3 Å². The van der Waals surface area contributed by atoms with Crippen molar-refractivity contribution in [3.63, 3.8) is 0 Å². The van der Waals surface area contributed by atoms with Crippen LogP contribution < -0.4 is 11.0 Å². The third-order valence-corrected chi connectivity index (χ3v) is 4.45. The number of anilines is 1. The van der Waals surface area contributed by atoms with Crippen LogP contribution in [0.4, 0.5) is 29.1 Å². The predicted octanol–water partition coefficient (Wildman–Crippen LogP) is 3.93. The number of nitrogens with zero attached hydrogens (tertiary/aromatic N) is 3. The van der Waals surface area contributed by atoms with Crippen LogP contribution in [0.15, 0.2) is 45.3 Å². The highest BCUT2D eigenvalue weighted by Crippen LogP contribution is 2.33. The number of hydrogen-bond acceptors (Lipinski definition) is 8. The van der Waals surface area contributed by atoms with Crippen molar-refractivity contribution in [1.82, 2.24) is 15.8 Å². The monoisotopic (exact) mass is 431 g/mol. The van der Waals surface area contributed by atoms with E-state index in [1.54, 1.807) is 16.8 Å². The molecule has 154 valence electrons. The number of hydrogen-bond donors (Lipinski definition) is 3. The zero-order valence-corrected chi connectivity index (χ0v) is 15.2. The number of halogens is 4. The van der Waals surface area contributed by atoms with E-state index in [1.807, 2.05) is 17.5 Å². The molecule has 13 heteroatoms. The first-order valence-corrected chi connectivity index (χ1v) is 8.85. The van der Waals surface area contributed by atoms with Crippen molar-refractivity contribution in [1.29, 1.82) is 0 Å². The first-order chi connectivity index (χ1) is 13.9. The summed E-state index contributed by atoms with van der Waals surface area (Å²) in [6.45, 7) is 0.277. The molecule has 0 aliphatic heterocycles. The fourth-order valence-corrected chi connectivity index (χ4v) is 2.89. The molecule has 0 radical (unpaired) electrons. The number of alkyl halides is 3. The minimum Gasteiger partial charge on any atom is -0.290 e. The second kappa shape index (κ2) is 8.98. The van der Waals surface area contributed by atoms with Crippen LogP contribution >= 0.6 is 11.3 Å². The standard InChI is InChI=1S/C16H13F4N5O3S/c17-12-4-3-9(8-11(12)16(18,19)20)21-14(22-26)13-15(25-28-23-13)24-27-6-5-10-2-1-7-29-10/h1-4,7-8,26H,5-6H2,(H,21,22)(H,24,25). The average molecular weight is 431 g/mol. The molecule has 1 aromatic carbocycles. The van der Waals surface area contributed by atoms with Crippen molar-refractivity contribution >= 4 is 28.7 Å². The first kappa shape index (κ1) is 20.7. The van der Waals surface area contributed by atoms with E-state index in [2.05, 4.69) is 25.4 Å². The number of benzene rings is 1. The van der Waals surface area contributed by atoms with E-state index in [4.69, 9.17) is 4.84 Å². The summed E-state index contributed by atoms with van der Waals surface area (Å²) < 4.78 is 56.5. The molecule has 0 fully saturated rings. The summed E-state index contributed by atoms with van der Waals surface area (Å²) >= 11 is 1.56. The summed E-state index contributed by atoms with van der Waals surface area (Å²) in [5.41, 5.74) is 2.21. The summed E-state index contributed by atoms with van der Waals surface area (Å²) in [4.78, 5) is 10.1. The van der Waals surface area contributed by atoms with Crippen LogP contribution in [0.1, 0.15) is 16.1 Å². The molecule has 0 aliphatic rings. The Kier molecular flexibility index (Phi) is 6.41. The maximum atomic E-state index is 13.4. The largest absolute Gasteiger partial charge is 0.419 e. The van der Waals surface area contributed by atoms with Gasteiger partial charge in [-0.3, -0.25) is 15.5 Å². The van der Waals surface area contributed by atoms with E-state index >= 15 is 0 Å². The Labute approximate surface area is 164 Å². The smallest absolute Gasteiger partial charge is 0.290 e. The van der Waals surface area contributed by atoms with Crippen LogP contribution in [-0.2, 0) is 17.4 Å². The minimum absolute atomic E-state index is 0.0744. The Hall–Kier alpha value is -3.03. The van der Waals surface area contributed by atoms with Crippen molar-refractivity contribution in [3.05, 3.63) is 57.7 Å². The Balaban J connectivity index is 1.74. The average Bonchev–Trinajstić information content (AvgIpc) is 3.35. The second-order valence-corrected chi connectivity index (χ2v) is 6.51. The van der Waals surface area contributed by atoms with E-state index in [-0.39, 0.29) is 23.8 Å². The summed E-state index contributed by atoms with van der Waals surface area (Å²) in [5.74, 6) is -1.91. The third-order valence-electron chi connectivity index (χ3n) is 3.51. The fraction of sp³-hybridized carbons (Fsp3) is 0.188. The van der Waals surface area contributed by atoms with Crippen molar-refractivity contribution < 1.29 is 32.2 Å². The fourth-order valence-electron chi connectivity index (χ4n) is 2.20. The van der Waals surface area contributed by atoms with Gasteiger partial charge in [-0.25, -0.2) is 19.5 Å². The highest BCUT2D eigenvalue weighted by Gasteiger charge is 2.34. The van der Waals surface area contributed by atoms with Gasteiger partial charge < -0.3 is 0 Å². The number of hydroxylamine groups is 1. The van der Waals surface area contributed by atoms with Crippen molar-refractivity contribution in [2.45, 2.75) is 12.6 Å². The van der Waals surface area contributed by atoms with E-state index in [0.717, 1.165) is 10.9 Å². The van der Waals surface area contributed by atoms with Crippen molar-refractivity contribution in [3.8, 4) is 0 Å². The Morgan fingerprint density at radius 3 is 2.79 bits per heavy atom. The molecule has 0 saturated carbocycles. The molecular weight excluding hydrogens is 418 g/mol. The van der Waals surface area contributed by atoms with Crippen molar-refractivity contribution in [2.24, 2.45) is 4.99 Å². The number of rotatable bonds is 7. The molecular formula is C16H13F4N5O3S. The van der Waals surface area contributed by atoms with Gasteiger partial charge in [0.15, 0.2) is 11.5 Å². The van der Waals surface area contributed by atoms with Crippen LogP contribution in [0, 0.1) is 5.82 Å². The molecule has 2 aromatic heterocycles. The summed E-state index contributed by atoms with van der Waals surface area (Å²) in [6.07, 6.45) is -4.28. The third kappa shape index (κ3) is 5.28. The quantitative estimate of drug-likeness (QED) is 0.171. The Morgan fingerprint density at radius 1 is 1.28 bits per heavy atom. The molecule has 3 aromatic rings. The highest BCUT2D eigenvalue weighted by atomic mass is 32.1. The van der Waals surface area contributed by atoms with Crippen LogP contribution in [-0.4, -0.2) is 28.0 Å². The zero-order chi connectivity index (χ0) is 20.9. The minimum atomic E-state index is -4.90. The van der Waals surface area contributed by atoms with Gasteiger partial charge in [0.05, 0.1) is 17.9 Å². The lowest BCUT2D eigenvalue weighted by Gasteiger charge is -2.09. The molecule has 0 aliphatic carbocycles. The Morgan fingerprint density at radius 2 is 2.10 bits per heavy atom. The molecule has 3 rings (SSSR count). The van der Waals surface area contributed by atoms with Crippen LogP contribution in [0.3, 0.4) is 0 Å². The van der Waals surface area contributed by atoms with Gasteiger partial charge in [0.1, 0.15) is 5.82 Å². The predicted molar refractivity (Wildman–Crippen MR) is 94.4 cm³/mol. The maximum Gasteiger partial charge on any atom is 0.419 e. The lowest BCUT2D eigenvalue weighted by atomic mass is 10.2. The van der Waals surface area contributed by atoms with E-state index in [9.17, 15) is 22.8 Å². The van der Waals surface area contributed by atoms with Crippen LogP contribution in [0.5, 0.6) is 0 Å². The maximum absolute atomic E-state index is 13.4. The molecule has 2 heterocycles. The summed E-state index contributed by atoms with van der Waals surface area (Å²) in [5, 5.41) is 18.3. The molecule has 3 N–H and O–H groups in total. The molecule has 0 unspecified atom stereocenters. The topological polar surface area (TPSA) is 105 Å². The molecule has 29 heavy (non-hydrogen) atoms. The zero-order valence-electron chi connectivity index (χ0n) is 14.4. The number of amidine groups is 1. The number of thiophene rings is 1. The van der Waals surface area contributed by atoms with Gasteiger partial charge in [0.2, 0.25) is 5.82 Å². The van der Waals surface area contributed by atoms with E-state index in [0.29, 0.717) is 18.6 Å². The first-order valence-electron chi connectivity index (χ1n) is 7.97. The molecule has 0 spiro atoms. The number of aromatic nitrogens is 2. The van der Waals surface area contributed by atoms with Gasteiger partial charge in [0.25, 0.3) is 0 Å². The van der Waals surface area contributed by atoms with Crippen molar-refractivity contribution in [2.75, 3.05) is 12.1 Å². The van der Waals surface area contributed by atoms with Gasteiger partial charge in [-0.1, -0.05) is 6.07 Å². The number of nitrogens with one attached hydrogen (secondary N) is 2. The van der Waals surface area contributed by atoms with Gasteiger partial charge in [-0.05, 0) is 40.0 Å². The van der Waals surface area contributed by atoms with Gasteiger partial charge in [-0.2, -0.15) is 13.2 Å². The highest BCUT2D eigenvalue weighted by molar-refractivity contribution is 7.09. The van der Waals surface area contributed by atoms with Gasteiger partial charge in [-0.15, -0.1) is 11.3 Å².